The van der Waals surface area contributed by atoms with E-state index in [2.05, 4.69) is 24.0 Å². The number of likely N-dealkylation sites (tertiary alicyclic amines) is 1. The smallest absolute Gasteiger partial charge is 0.276 e. The molecular weight excluding hydrogens is 238 g/mol. The van der Waals surface area contributed by atoms with Crippen LogP contribution in [0.3, 0.4) is 0 Å². The normalized spacial score (nSPS) is 16.2. The third-order valence-corrected chi connectivity index (χ3v) is 3.73. The van der Waals surface area contributed by atoms with Crippen LogP contribution in [0.25, 0.3) is 0 Å². The highest BCUT2D eigenvalue weighted by atomic mass is 32.2. The van der Waals surface area contributed by atoms with E-state index in [0.717, 1.165) is 18.7 Å². The van der Waals surface area contributed by atoms with Gasteiger partial charge in [0.1, 0.15) is 0 Å². The Morgan fingerprint density at radius 3 is 2.94 bits per heavy atom. The average Bonchev–Trinajstić information content (AvgIpc) is 2.87. The molecule has 0 atom stereocenters. The summed E-state index contributed by atoms with van der Waals surface area (Å²) in [6, 6.07) is 0. The lowest BCUT2D eigenvalue weighted by molar-refractivity contribution is -0.128. The van der Waals surface area contributed by atoms with Crippen molar-refractivity contribution in [3.63, 3.8) is 0 Å². The number of hydrogen-bond donors (Lipinski definition) is 0. The molecule has 1 aliphatic rings. The molecule has 1 saturated heterocycles. The van der Waals surface area contributed by atoms with Gasteiger partial charge >= 0.3 is 0 Å². The number of hydrogen-bond acceptors (Lipinski definition) is 5. The second-order valence-corrected chi connectivity index (χ2v) is 5.56. The van der Waals surface area contributed by atoms with Crippen LogP contribution in [-0.2, 0) is 11.3 Å². The maximum Gasteiger partial charge on any atom is 0.276 e. The molecule has 5 nitrogen and oxygen atoms in total. The summed E-state index contributed by atoms with van der Waals surface area (Å²) in [6.45, 7) is 5.55. The van der Waals surface area contributed by atoms with E-state index >= 15 is 0 Å². The van der Waals surface area contributed by atoms with Crippen molar-refractivity contribution in [3.8, 4) is 0 Å². The highest BCUT2D eigenvalue weighted by Gasteiger charge is 2.22. The van der Waals surface area contributed by atoms with Crippen LogP contribution in [0.4, 0.5) is 0 Å². The van der Waals surface area contributed by atoms with Crippen molar-refractivity contribution in [2.24, 2.45) is 5.92 Å². The number of carbonyl (C=O) groups excluding carboxylic acids is 1. The Bertz CT molecular complexity index is 392. The second-order valence-electron chi connectivity index (χ2n) is 4.59. The third-order valence-electron chi connectivity index (χ3n) is 2.49. The number of carbonyl (C=O) groups is 1. The highest BCUT2D eigenvalue weighted by Crippen LogP contribution is 2.20. The minimum atomic E-state index is 0.180. The minimum Gasteiger partial charge on any atom is -0.414 e. The summed E-state index contributed by atoms with van der Waals surface area (Å²) in [5, 5.41) is 8.52. The van der Waals surface area contributed by atoms with Crippen LogP contribution in [0, 0.1) is 5.92 Å². The molecule has 0 aliphatic carbocycles. The van der Waals surface area contributed by atoms with Crippen LogP contribution in [0.1, 0.15) is 32.6 Å². The standard InChI is InChI=1S/C11H17N3O2S/c1-8(2)7-17-11-13-12-9(16-11)6-14-5-3-4-10(14)15/h8H,3-7H2,1-2H3. The molecule has 2 rings (SSSR count). The van der Waals surface area contributed by atoms with Crippen molar-refractivity contribution in [2.75, 3.05) is 12.3 Å². The first-order valence-corrected chi connectivity index (χ1v) is 6.86. The Morgan fingerprint density at radius 2 is 2.29 bits per heavy atom. The first-order chi connectivity index (χ1) is 8.15. The molecule has 0 bridgehead atoms. The van der Waals surface area contributed by atoms with Gasteiger partial charge in [0.25, 0.3) is 5.22 Å². The van der Waals surface area contributed by atoms with Crippen LogP contribution in [0.5, 0.6) is 0 Å². The molecule has 0 N–H and O–H groups in total. The summed E-state index contributed by atoms with van der Waals surface area (Å²) in [4.78, 5) is 13.2. The van der Waals surface area contributed by atoms with Gasteiger partial charge in [-0.1, -0.05) is 25.6 Å². The summed E-state index contributed by atoms with van der Waals surface area (Å²) in [5.74, 6) is 2.27. The van der Waals surface area contributed by atoms with E-state index in [4.69, 9.17) is 4.42 Å². The molecule has 6 heteroatoms. The summed E-state index contributed by atoms with van der Waals surface area (Å²) >= 11 is 1.56. The van der Waals surface area contributed by atoms with Crippen molar-refractivity contribution in [2.45, 2.75) is 38.5 Å². The lowest BCUT2D eigenvalue weighted by Crippen LogP contribution is -2.23. The van der Waals surface area contributed by atoms with Crippen LogP contribution in [-0.4, -0.2) is 33.3 Å². The lowest BCUT2D eigenvalue weighted by Gasteiger charge is -2.11. The predicted octanol–water partition coefficient (Wildman–Crippen LogP) is 1.94. The Balaban J connectivity index is 1.87. The van der Waals surface area contributed by atoms with Crippen LogP contribution in [0.15, 0.2) is 9.64 Å². The fourth-order valence-electron chi connectivity index (χ4n) is 1.63. The molecule has 1 amide bonds. The molecule has 17 heavy (non-hydrogen) atoms. The molecular formula is C11H17N3O2S. The SMILES string of the molecule is CC(C)CSc1nnc(CN2CCCC2=O)o1. The van der Waals surface area contributed by atoms with Crippen molar-refractivity contribution >= 4 is 17.7 Å². The Morgan fingerprint density at radius 1 is 1.47 bits per heavy atom. The van der Waals surface area contributed by atoms with E-state index in [1.54, 1.807) is 16.7 Å². The van der Waals surface area contributed by atoms with Gasteiger partial charge in [-0.2, -0.15) is 0 Å². The van der Waals surface area contributed by atoms with Crippen LogP contribution >= 0.6 is 11.8 Å². The number of thioether (sulfide) groups is 1. The monoisotopic (exact) mass is 255 g/mol. The molecule has 1 aromatic heterocycles. The van der Waals surface area contributed by atoms with E-state index in [9.17, 15) is 4.79 Å². The van der Waals surface area contributed by atoms with Gasteiger partial charge in [0.2, 0.25) is 11.8 Å². The fourth-order valence-corrected chi connectivity index (χ4v) is 2.36. The zero-order chi connectivity index (χ0) is 12.3. The van der Waals surface area contributed by atoms with E-state index in [-0.39, 0.29) is 5.91 Å². The highest BCUT2D eigenvalue weighted by molar-refractivity contribution is 7.99. The van der Waals surface area contributed by atoms with Crippen molar-refractivity contribution in [3.05, 3.63) is 5.89 Å². The van der Waals surface area contributed by atoms with Gasteiger partial charge in [0.15, 0.2) is 0 Å². The molecule has 1 aliphatic heterocycles. The van der Waals surface area contributed by atoms with Gasteiger partial charge in [0, 0.05) is 18.7 Å². The van der Waals surface area contributed by atoms with E-state index in [1.165, 1.54) is 0 Å². The Labute approximate surface area is 105 Å². The number of nitrogens with zero attached hydrogens (tertiary/aromatic N) is 3. The van der Waals surface area contributed by atoms with Gasteiger partial charge < -0.3 is 9.32 Å². The van der Waals surface area contributed by atoms with Gasteiger partial charge in [-0.05, 0) is 12.3 Å². The minimum absolute atomic E-state index is 0.180. The number of rotatable bonds is 5. The first-order valence-electron chi connectivity index (χ1n) is 5.88. The number of amides is 1. The maximum atomic E-state index is 11.4. The van der Waals surface area contributed by atoms with Gasteiger partial charge in [-0.15, -0.1) is 10.2 Å². The van der Waals surface area contributed by atoms with Gasteiger partial charge in [-0.25, -0.2) is 0 Å². The molecule has 0 radical (unpaired) electrons. The quantitative estimate of drug-likeness (QED) is 0.752. The van der Waals surface area contributed by atoms with Crippen molar-refractivity contribution < 1.29 is 9.21 Å². The molecule has 0 saturated carbocycles. The fraction of sp³-hybridized carbons (Fsp3) is 0.727. The van der Waals surface area contributed by atoms with Gasteiger partial charge in [-0.3, -0.25) is 4.79 Å². The van der Waals surface area contributed by atoms with E-state index in [0.29, 0.717) is 30.0 Å². The molecule has 2 heterocycles. The molecule has 94 valence electrons. The topological polar surface area (TPSA) is 59.2 Å². The van der Waals surface area contributed by atoms with Gasteiger partial charge in [0.05, 0.1) is 6.54 Å². The van der Waals surface area contributed by atoms with Crippen LogP contribution < -0.4 is 0 Å². The summed E-state index contributed by atoms with van der Waals surface area (Å²) < 4.78 is 5.49. The molecule has 1 fully saturated rings. The van der Waals surface area contributed by atoms with E-state index in [1.807, 2.05) is 0 Å². The predicted molar refractivity (Wildman–Crippen MR) is 64.5 cm³/mol. The lowest BCUT2D eigenvalue weighted by atomic mass is 10.3. The largest absolute Gasteiger partial charge is 0.414 e. The number of aromatic nitrogens is 2. The maximum absolute atomic E-state index is 11.4. The van der Waals surface area contributed by atoms with Crippen molar-refractivity contribution in [1.29, 1.82) is 0 Å². The summed E-state index contributed by atoms with van der Waals surface area (Å²) in [5.41, 5.74) is 0. The Hall–Kier alpha value is -1.04. The average molecular weight is 255 g/mol. The molecule has 1 aromatic rings. The third kappa shape index (κ3) is 3.46. The summed E-state index contributed by atoms with van der Waals surface area (Å²) in [6.07, 6.45) is 1.57. The summed E-state index contributed by atoms with van der Waals surface area (Å²) in [7, 11) is 0. The zero-order valence-corrected chi connectivity index (χ0v) is 11.0. The zero-order valence-electron chi connectivity index (χ0n) is 10.2. The Kier molecular flexibility index (Phi) is 4.04. The van der Waals surface area contributed by atoms with E-state index < -0.39 is 0 Å². The molecule has 0 unspecified atom stereocenters. The molecule has 0 aromatic carbocycles. The van der Waals surface area contributed by atoms with Crippen LogP contribution in [0.2, 0.25) is 0 Å². The van der Waals surface area contributed by atoms with Crippen molar-refractivity contribution in [1.82, 2.24) is 15.1 Å². The molecule has 0 spiro atoms. The first kappa shape index (κ1) is 12.4. The second kappa shape index (κ2) is 5.53.